The third-order valence-electron chi connectivity index (χ3n) is 6.10. The number of rotatable bonds is 8. The molecule has 8 heteroatoms. The van der Waals surface area contributed by atoms with E-state index in [1.807, 2.05) is 56.4 Å². The number of hydrogen-bond donors (Lipinski definition) is 1. The quantitative estimate of drug-likeness (QED) is 0.399. The number of nitrogens with zero attached hydrogens (tertiary/aromatic N) is 6. The molecule has 0 aliphatic carbocycles. The number of anilines is 4. The topological polar surface area (TPSA) is 75.7 Å². The number of methoxy groups -OCH3 is 1. The molecular weight excluding hydrogens is 426 g/mol. The summed E-state index contributed by atoms with van der Waals surface area (Å²) in [6.45, 7) is 1.78. The first-order valence-corrected chi connectivity index (χ1v) is 11.2. The summed E-state index contributed by atoms with van der Waals surface area (Å²) in [7, 11) is 11.8. The molecule has 8 nitrogen and oxygen atoms in total. The average molecular weight is 460 g/mol. The summed E-state index contributed by atoms with van der Waals surface area (Å²) in [6.07, 6.45) is 3.89. The van der Waals surface area contributed by atoms with Crippen LogP contribution >= 0.6 is 0 Å². The van der Waals surface area contributed by atoms with Crippen molar-refractivity contribution >= 4 is 33.9 Å². The van der Waals surface area contributed by atoms with E-state index in [9.17, 15) is 0 Å². The lowest BCUT2D eigenvalue weighted by Crippen LogP contribution is -2.29. The molecule has 0 aliphatic rings. The zero-order valence-corrected chi connectivity index (χ0v) is 20.8. The maximum Gasteiger partial charge on any atom is 0.230 e. The number of nitrogen functional groups attached to an aromatic ring is 1. The van der Waals surface area contributed by atoms with E-state index < -0.39 is 0 Å². The predicted octanol–water partition coefficient (Wildman–Crippen LogP) is 3.99. The van der Waals surface area contributed by atoms with Gasteiger partial charge in [0, 0.05) is 69.2 Å². The fourth-order valence-corrected chi connectivity index (χ4v) is 4.11. The lowest BCUT2D eigenvalue weighted by atomic mass is 10.1. The molecule has 34 heavy (non-hydrogen) atoms. The largest absolute Gasteiger partial charge is 0.494 e. The Hall–Kier alpha value is -3.78. The van der Waals surface area contributed by atoms with Gasteiger partial charge >= 0.3 is 0 Å². The summed E-state index contributed by atoms with van der Waals surface area (Å²) in [5.74, 6) is 1.28. The van der Waals surface area contributed by atoms with E-state index in [-0.39, 0.29) is 0 Å². The molecule has 0 bridgehead atoms. The second kappa shape index (κ2) is 9.61. The fraction of sp³-hybridized carbons (Fsp3) is 0.308. The number of para-hydroxylation sites is 1. The molecular formula is C26H33N7O. The van der Waals surface area contributed by atoms with Crippen molar-refractivity contribution in [3.8, 4) is 17.0 Å². The molecule has 0 atom stereocenters. The Kier molecular flexibility index (Phi) is 6.61. The van der Waals surface area contributed by atoms with Crippen LogP contribution in [0.1, 0.15) is 0 Å². The van der Waals surface area contributed by atoms with Gasteiger partial charge in [0.2, 0.25) is 5.95 Å². The van der Waals surface area contributed by atoms with Crippen molar-refractivity contribution in [1.82, 2.24) is 19.4 Å². The van der Waals surface area contributed by atoms with Crippen LogP contribution in [-0.2, 0) is 7.05 Å². The smallest absolute Gasteiger partial charge is 0.230 e. The van der Waals surface area contributed by atoms with Gasteiger partial charge in [-0.1, -0.05) is 18.2 Å². The zero-order chi connectivity index (χ0) is 24.4. The number of fused-ring (bicyclic) bond motifs is 1. The molecule has 178 valence electrons. The van der Waals surface area contributed by atoms with Crippen molar-refractivity contribution in [2.45, 2.75) is 0 Å². The van der Waals surface area contributed by atoms with Crippen molar-refractivity contribution in [3.05, 3.63) is 54.9 Å². The third kappa shape index (κ3) is 4.49. The predicted molar refractivity (Wildman–Crippen MR) is 141 cm³/mol. The number of nitrogens with two attached hydrogens (primary N) is 1. The number of ether oxygens (including phenoxy) is 1. The number of aryl methyl sites for hydroxylation is 1. The Labute approximate surface area is 201 Å². The molecule has 0 spiro atoms. The highest BCUT2D eigenvalue weighted by atomic mass is 16.5. The molecule has 0 unspecified atom stereocenters. The van der Waals surface area contributed by atoms with Gasteiger partial charge in [-0.3, -0.25) is 0 Å². The lowest BCUT2D eigenvalue weighted by Gasteiger charge is -2.26. The van der Waals surface area contributed by atoms with Crippen LogP contribution in [0.15, 0.2) is 54.9 Å². The molecule has 0 amide bonds. The highest BCUT2D eigenvalue weighted by Gasteiger charge is 2.19. The molecule has 0 aliphatic heterocycles. The highest BCUT2D eigenvalue weighted by Crippen LogP contribution is 2.39. The molecule has 2 heterocycles. The van der Waals surface area contributed by atoms with Gasteiger partial charge in [0.1, 0.15) is 5.75 Å². The van der Waals surface area contributed by atoms with E-state index in [1.165, 1.54) is 0 Å². The van der Waals surface area contributed by atoms with E-state index in [4.69, 9.17) is 15.5 Å². The molecule has 2 aromatic carbocycles. The highest BCUT2D eigenvalue weighted by molar-refractivity contribution is 5.95. The molecule has 2 N–H and O–H groups in total. The SMILES string of the molecule is COc1cc(N(C)CCN(C)C)c(N)cc1N(C)c1nccc(-c2cn(C)c3ccccc23)n1. The van der Waals surface area contributed by atoms with Crippen molar-refractivity contribution in [1.29, 1.82) is 0 Å². The van der Waals surface area contributed by atoms with Crippen LogP contribution in [0, 0.1) is 0 Å². The van der Waals surface area contributed by atoms with Crippen LogP contribution in [0.5, 0.6) is 5.75 Å². The lowest BCUT2D eigenvalue weighted by molar-refractivity contribution is 0.413. The molecule has 0 fully saturated rings. The third-order valence-corrected chi connectivity index (χ3v) is 6.10. The maximum absolute atomic E-state index is 6.47. The molecule has 0 saturated carbocycles. The summed E-state index contributed by atoms with van der Waals surface area (Å²) >= 11 is 0. The van der Waals surface area contributed by atoms with Gasteiger partial charge in [-0.15, -0.1) is 0 Å². The first-order chi connectivity index (χ1) is 16.3. The van der Waals surface area contributed by atoms with Crippen LogP contribution in [0.25, 0.3) is 22.2 Å². The summed E-state index contributed by atoms with van der Waals surface area (Å²) in [5, 5.41) is 1.16. The first-order valence-electron chi connectivity index (χ1n) is 11.2. The van der Waals surface area contributed by atoms with E-state index in [2.05, 4.69) is 51.8 Å². The van der Waals surface area contributed by atoms with E-state index >= 15 is 0 Å². The Bertz CT molecular complexity index is 1300. The van der Waals surface area contributed by atoms with Crippen molar-refractivity contribution in [2.24, 2.45) is 7.05 Å². The molecule has 2 aromatic heterocycles. The summed E-state index contributed by atoms with van der Waals surface area (Å²) in [5.41, 5.74) is 12.0. The summed E-state index contributed by atoms with van der Waals surface area (Å²) in [4.78, 5) is 15.6. The number of aromatic nitrogens is 3. The normalized spacial score (nSPS) is 11.3. The van der Waals surface area contributed by atoms with Crippen LogP contribution in [0.4, 0.5) is 23.0 Å². The van der Waals surface area contributed by atoms with Gasteiger partial charge < -0.3 is 29.7 Å². The Morgan fingerprint density at radius 2 is 1.76 bits per heavy atom. The number of benzene rings is 2. The minimum absolute atomic E-state index is 0.567. The van der Waals surface area contributed by atoms with Crippen LogP contribution in [-0.4, -0.2) is 67.8 Å². The second-order valence-electron chi connectivity index (χ2n) is 8.78. The molecule has 4 aromatic rings. The summed E-state index contributed by atoms with van der Waals surface area (Å²) < 4.78 is 7.86. The van der Waals surface area contributed by atoms with Crippen LogP contribution in [0.3, 0.4) is 0 Å². The van der Waals surface area contributed by atoms with Crippen LogP contribution in [0.2, 0.25) is 0 Å². The number of hydrogen-bond acceptors (Lipinski definition) is 7. The van der Waals surface area contributed by atoms with Gasteiger partial charge in [-0.05, 0) is 32.3 Å². The Morgan fingerprint density at radius 1 is 1.00 bits per heavy atom. The first kappa shape index (κ1) is 23.4. The Morgan fingerprint density at radius 3 is 2.50 bits per heavy atom. The minimum Gasteiger partial charge on any atom is -0.494 e. The zero-order valence-electron chi connectivity index (χ0n) is 20.8. The molecule has 0 saturated heterocycles. The van der Waals surface area contributed by atoms with Crippen molar-refractivity contribution in [3.63, 3.8) is 0 Å². The van der Waals surface area contributed by atoms with E-state index in [0.29, 0.717) is 17.4 Å². The van der Waals surface area contributed by atoms with Crippen LogP contribution < -0.4 is 20.3 Å². The van der Waals surface area contributed by atoms with E-state index in [1.54, 1.807) is 13.3 Å². The number of likely N-dealkylation sites (N-methyl/N-ethyl adjacent to an activating group) is 2. The van der Waals surface area contributed by atoms with Gasteiger partial charge in [0.15, 0.2) is 0 Å². The average Bonchev–Trinajstić information content (AvgIpc) is 3.18. The van der Waals surface area contributed by atoms with Gasteiger partial charge in [0.25, 0.3) is 0 Å². The maximum atomic E-state index is 6.47. The minimum atomic E-state index is 0.567. The van der Waals surface area contributed by atoms with Gasteiger partial charge in [0.05, 0.1) is 29.9 Å². The monoisotopic (exact) mass is 459 g/mol. The van der Waals surface area contributed by atoms with Gasteiger partial charge in [-0.2, -0.15) is 0 Å². The standard InChI is InChI=1S/C26H33N7O/c1-30(2)13-14-31(3)23-16-25(34-6)24(15-20(23)27)33(5)26-28-12-11-21(29-26)19-17-32(4)22-10-8-7-9-18(19)22/h7-12,15-17H,13-14,27H2,1-6H3. The van der Waals surface area contributed by atoms with Crippen molar-refractivity contribution < 1.29 is 4.74 Å². The molecule has 0 radical (unpaired) electrons. The van der Waals surface area contributed by atoms with Crippen molar-refractivity contribution in [2.75, 3.05) is 63.9 Å². The fourth-order valence-electron chi connectivity index (χ4n) is 4.11. The van der Waals surface area contributed by atoms with Gasteiger partial charge in [-0.25, -0.2) is 9.97 Å². The molecule has 4 rings (SSSR count). The summed E-state index contributed by atoms with van der Waals surface area (Å²) in [6, 6.07) is 14.2. The second-order valence-corrected chi connectivity index (χ2v) is 8.78. The van der Waals surface area contributed by atoms with E-state index in [0.717, 1.165) is 46.6 Å². The Balaban J connectivity index is 1.69.